The molecule has 4 heterocycles. The summed E-state index contributed by atoms with van der Waals surface area (Å²) in [6.07, 6.45) is 1.71. The zero-order valence-corrected chi connectivity index (χ0v) is 23.1. The molecule has 0 atom stereocenters. The van der Waals surface area contributed by atoms with Gasteiger partial charge in [0, 0.05) is 0 Å². The molecule has 0 saturated carbocycles. The Hall–Kier alpha value is -2.62. The Bertz CT molecular complexity index is 1450. The fraction of sp³-hybridized carbons (Fsp3) is 0.192. The van der Waals surface area contributed by atoms with Crippen molar-refractivity contribution in [2.45, 2.75) is 19.3 Å². The van der Waals surface area contributed by atoms with Gasteiger partial charge in [-0.1, -0.05) is 0 Å². The molecule has 34 heavy (non-hydrogen) atoms. The minimum absolute atomic E-state index is 0.0524. The maximum absolute atomic E-state index is 12.7. The molecular weight excluding hydrogens is 609 g/mol. The summed E-state index contributed by atoms with van der Waals surface area (Å²) >= 11 is -0.679. The molecule has 3 aliphatic heterocycles. The standard InChI is InChI=1S/C26H21N3O3SeTe/c1-26(2)16-8-5-6-10-18(16)29-21-17(26)9-7-11-19(21)34-20-13-14(33-24(20)29)12-15-22(30)27(3)25(32)28(4)23(15)31/h5-13H,1-4H3. The number of para-hydroxylation sites is 2. The Balaban J connectivity index is 1.52. The maximum atomic E-state index is 12.7. The van der Waals surface area contributed by atoms with E-state index in [-0.39, 0.29) is 25.5 Å². The van der Waals surface area contributed by atoms with Gasteiger partial charge >= 0.3 is 215 Å². The molecule has 0 unspecified atom stereocenters. The molecule has 0 N–H and O–H groups in total. The van der Waals surface area contributed by atoms with Gasteiger partial charge in [0.15, 0.2) is 0 Å². The van der Waals surface area contributed by atoms with E-state index >= 15 is 0 Å². The number of amides is 4. The Labute approximate surface area is 213 Å². The van der Waals surface area contributed by atoms with Gasteiger partial charge in [0.05, 0.1) is 0 Å². The van der Waals surface area contributed by atoms with E-state index in [1.54, 1.807) is 6.08 Å². The fourth-order valence-corrected chi connectivity index (χ4v) is 11.8. The summed E-state index contributed by atoms with van der Waals surface area (Å²) in [5.74, 6) is -1.08. The Kier molecular flexibility index (Phi) is 4.79. The number of likely N-dealkylation sites (N-methyl/N-ethyl adjacent to an activating group) is 2. The first-order valence-electron chi connectivity index (χ1n) is 10.9. The molecule has 6 nitrogen and oxygen atoms in total. The van der Waals surface area contributed by atoms with Crippen molar-refractivity contribution in [2.75, 3.05) is 19.0 Å². The van der Waals surface area contributed by atoms with E-state index < -0.39 is 38.8 Å². The number of anilines is 3. The number of nitrogens with zero attached hydrogens (tertiary/aromatic N) is 3. The van der Waals surface area contributed by atoms with Crippen molar-refractivity contribution < 1.29 is 14.4 Å². The van der Waals surface area contributed by atoms with Gasteiger partial charge in [-0.2, -0.15) is 0 Å². The summed E-state index contributed by atoms with van der Waals surface area (Å²) < 4.78 is 5.07. The molecule has 0 aliphatic carbocycles. The van der Waals surface area contributed by atoms with E-state index in [4.69, 9.17) is 0 Å². The molecule has 0 radical (unpaired) electrons. The number of rotatable bonds is 1. The minimum atomic E-state index is -0.615. The second kappa shape index (κ2) is 7.44. The number of benzene rings is 2. The van der Waals surface area contributed by atoms with Gasteiger partial charge in [-0.05, 0) is 0 Å². The monoisotopic (exact) mass is 633 g/mol. The van der Waals surface area contributed by atoms with Crippen LogP contribution in [0, 0.1) is 0 Å². The molecule has 1 saturated heterocycles. The Morgan fingerprint density at radius 2 is 1.56 bits per heavy atom. The van der Waals surface area contributed by atoms with E-state index in [2.05, 4.69) is 67.3 Å². The quantitative estimate of drug-likeness (QED) is 0.184. The molecule has 4 amide bonds. The molecule has 1 aromatic heterocycles. The van der Waals surface area contributed by atoms with Crippen LogP contribution in [-0.4, -0.2) is 77.2 Å². The van der Waals surface area contributed by atoms with E-state index in [1.807, 2.05) is 0 Å². The van der Waals surface area contributed by atoms with Gasteiger partial charge in [0.25, 0.3) is 0 Å². The van der Waals surface area contributed by atoms with Gasteiger partial charge in [-0.25, -0.2) is 0 Å². The van der Waals surface area contributed by atoms with E-state index in [0.717, 1.165) is 14.2 Å². The number of urea groups is 1. The summed E-state index contributed by atoms with van der Waals surface area (Å²) in [6.45, 7) is 4.59. The summed E-state index contributed by atoms with van der Waals surface area (Å²) in [4.78, 5) is 42.0. The molecule has 0 bridgehead atoms. The number of barbiturate groups is 1. The molecule has 1 fully saturated rings. The van der Waals surface area contributed by atoms with Crippen LogP contribution in [-0.2, 0) is 15.0 Å². The van der Waals surface area contributed by atoms with Crippen molar-refractivity contribution in [3.8, 4) is 0 Å². The molecule has 2 aromatic carbocycles. The Morgan fingerprint density at radius 1 is 0.882 bits per heavy atom. The van der Waals surface area contributed by atoms with E-state index in [1.165, 1.54) is 48.4 Å². The molecule has 0 spiro atoms. The SMILES string of the molecule is CN1C(=O)C(=Cc2cc3c([se]2)N2c4ccccc4C(C)(C)c4cccc(c42)[Te]3)C(=O)N(C)C1=O. The summed E-state index contributed by atoms with van der Waals surface area (Å²) in [5.41, 5.74) is 5.16. The van der Waals surface area contributed by atoms with Crippen LogP contribution in [0.1, 0.15) is 29.4 Å². The predicted molar refractivity (Wildman–Crippen MR) is 134 cm³/mol. The first-order chi connectivity index (χ1) is 16.2. The average molecular weight is 630 g/mol. The molecular formula is C26H21N3O3SeTe. The second-order valence-electron chi connectivity index (χ2n) is 9.12. The number of hydrogen-bond acceptors (Lipinski definition) is 4. The van der Waals surface area contributed by atoms with Crippen molar-refractivity contribution in [2.24, 2.45) is 0 Å². The zero-order chi connectivity index (χ0) is 23.9. The normalized spacial score (nSPS) is 18.1. The summed E-state index contributed by atoms with van der Waals surface area (Å²) in [6, 6.07) is 16.9. The number of carbonyl (C=O) groups excluding carboxylic acids is 3. The molecule has 6 rings (SSSR count). The van der Waals surface area contributed by atoms with Crippen molar-refractivity contribution in [3.05, 3.63) is 69.7 Å². The number of carbonyl (C=O) groups is 3. The van der Waals surface area contributed by atoms with Crippen LogP contribution < -0.4 is 12.1 Å². The third kappa shape index (κ3) is 2.90. The van der Waals surface area contributed by atoms with Gasteiger partial charge in [0.1, 0.15) is 0 Å². The first-order valence-corrected chi connectivity index (χ1v) is 14.9. The average Bonchev–Trinajstić information content (AvgIpc) is 3.24. The van der Waals surface area contributed by atoms with Crippen LogP contribution in [0.15, 0.2) is 54.1 Å². The van der Waals surface area contributed by atoms with E-state index in [0.29, 0.717) is 0 Å². The number of imide groups is 2. The van der Waals surface area contributed by atoms with Crippen LogP contribution >= 0.6 is 0 Å². The van der Waals surface area contributed by atoms with Crippen molar-refractivity contribution in [1.82, 2.24) is 9.80 Å². The number of hydrogen-bond donors (Lipinski definition) is 0. The van der Waals surface area contributed by atoms with Crippen LogP contribution in [0.3, 0.4) is 0 Å². The van der Waals surface area contributed by atoms with Gasteiger partial charge in [-0.3, -0.25) is 0 Å². The summed E-state index contributed by atoms with van der Waals surface area (Å²) in [5, 5.41) is 0. The Morgan fingerprint density at radius 3 is 2.29 bits per heavy atom. The first kappa shape index (κ1) is 21.9. The van der Waals surface area contributed by atoms with Crippen molar-refractivity contribution in [3.63, 3.8) is 0 Å². The van der Waals surface area contributed by atoms with Crippen LogP contribution in [0.2, 0.25) is 0 Å². The van der Waals surface area contributed by atoms with Gasteiger partial charge < -0.3 is 0 Å². The molecule has 170 valence electrons. The van der Waals surface area contributed by atoms with Gasteiger partial charge in [0.2, 0.25) is 0 Å². The van der Waals surface area contributed by atoms with Gasteiger partial charge in [-0.15, -0.1) is 0 Å². The zero-order valence-electron chi connectivity index (χ0n) is 19.1. The third-order valence-electron chi connectivity index (χ3n) is 6.77. The van der Waals surface area contributed by atoms with Crippen LogP contribution in [0.4, 0.5) is 20.7 Å². The van der Waals surface area contributed by atoms with Crippen molar-refractivity contribution in [1.29, 1.82) is 0 Å². The van der Waals surface area contributed by atoms with Crippen LogP contribution in [0.5, 0.6) is 0 Å². The third-order valence-corrected chi connectivity index (χ3v) is 13.0. The van der Waals surface area contributed by atoms with Crippen LogP contribution in [0.25, 0.3) is 6.08 Å². The second-order valence-corrected chi connectivity index (χ2v) is 14.4. The summed E-state index contributed by atoms with van der Waals surface area (Å²) in [7, 11) is 2.83. The predicted octanol–water partition coefficient (Wildman–Crippen LogP) is 2.25. The topological polar surface area (TPSA) is 60.9 Å². The fourth-order valence-electron chi connectivity index (χ4n) is 4.93. The molecule has 3 aliphatic rings. The molecule has 3 aromatic rings. The van der Waals surface area contributed by atoms with Crippen molar-refractivity contribution >= 4 is 82.5 Å². The molecule has 8 heteroatoms. The number of fused-ring (bicyclic) bond motifs is 4. The van der Waals surface area contributed by atoms with E-state index in [9.17, 15) is 14.4 Å².